The van der Waals surface area contributed by atoms with Crippen LogP contribution in [0.5, 0.6) is 0 Å². The van der Waals surface area contributed by atoms with Gasteiger partial charge in [-0.3, -0.25) is 0 Å². The lowest BCUT2D eigenvalue weighted by Crippen LogP contribution is -2.09. The smallest absolute Gasteiger partial charge is 0.106 e. The van der Waals surface area contributed by atoms with Crippen molar-refractivity contribution < 1.29 is 0 Å². The van der Waals surface area contributed by atoms with Crippen LogP contribution in [0.25, 0.3) is 0 Å². The Morgan fingerprint density at radius 3 is 2.82 bits per heavy atom. The van der Waals surface area contributed by atoms with Gasteiger partial charge in [-0.05, 0) is 52.9 Å². The number of thiophene rings is 1. The van der Waals surface area contributed by atoms with Gasteiger partial charge in [0.25, 0.3) is 0 Å². The minimum atomic E-state index is 0.372. The number of halogens is 1. The summed E-state index contributed by atoms with van der Waals surface area (Å²) in [4.78, 5) is 5.77. The molecule has 90 valence electrons. The maximum absolute atomic E-state index is 4.40. The number of nitrogens with zero attached hydrogens (tertiary/aromatic N) is 1. The zero-order chi connectivity index (χ0) is 12.3. The third kappa shape index (κ3) is 3.07. The Balaban J connectivity index is 2.19. The average molecular weight is 311 g/mol. The van der Waals surface area contributed by atoms with Gasteiger partial charge in [0, 0.05) is 4.88 Å². The zero-order valence-electron chi connectivity index (χ0n) is 9.90. The average Bonchev–Trinajstić information content (AvgIpc) is 2.81. The van der Waals surface area contributed by atoms with Gasteiger partial charge in [0.2, 0.25) is 0 Å². The molecule has 0 fully saturated rings. The largest absolute Gasteiger partial charge is 0.376 e. The van der Waals surface area contributed by atoms with Crippen LogP contribution in [0.3, 0.4) is 0 Å². The van der Waals surface area contributed by atoms with Crippen LogP contribution in [-0.4, -0.2) is 4.98 Å². The van der Waals surface area contributed by atoms with E-state index >= 15 is 0 Å². The molecule has 1 N–H and O–H groups in total. The fraction of sp³-hybridized carbons (Fsp3) is 0.308. The van der Waals surface area contributed by atoms with Crippen LogP contribution in [0.4, 0.5) is 5.69 Å². The van der Waals surface area contributed by atoms with Crippen LogP contribution < -0.4 is 5.32 Å². The molecule has 0 aliphatic heterocycles. The standard InChI is InChI=1S/C13H15BrN2S/c1-3-10(12-5-4-8-17-12)16-11-6-7-13(14)15-9(11)2/h4-8,10,16H,3H2,1-2H3. The molecule has 2 rings (SSSR count). The molecule has 0 spiro atoms. The fourth-order valence-electron chi connectivity index (χ4n) is 1.73. The molecule has 0 aromatic carbocycles. The Morgan fingerprint density at radius 2 is 2.24 bits per heavy atom. The maximum atomic E-state index is 4.40. The van der Waals surface area contributed by atoms with Crippen molar-refractivity contribution in [2.75, 3.05) is 5.32 Å². The van der Waals surface area contributed by atoms with Crippen molar-refractivity contribution in [1.82, 2.24) is 4.98 Å². The molecule has 2 nitrogen and oxygen atoms in total. The molecule has 0 aliphatic carbocycles. The van der Waals surface area contributed by atoms with Crippen LogP contribution in [0.2, 0.25) is 0 Å². The van der Waals surface area contributed by atoms with Gasteiger partial charge in [-0.2, -0.15) is 0 Å². The first-order chi connectivity index (χ1) is 8.20. The summed E-state index contributed by atoms with van der Waals surface area (Å²) < 4.78 is 0.879. The number of aryl methyl sites for hydroxylation is 1. The summed E-state index contributed by atoms with van der Waals surface area (Å²) in [6, 6.07) is 8.68. The van der Waals surface area contributed by atoms with Crippen LogP contribution in [0.15, 0.2) is 34.2 Å². The summed E-state index contributed by atoms with van der Waals surface area (Å²) in [6.45, 7) is 4.22. The molecular formula is C13H15BrN2S. The molecule has 0 amide bonds. The van der Waals surface area contributed by atoms with Gasteiger partial charge >= 0.3 is 0 Å². The first-order valence-corrected chi connectivity index (χ1v) is 7.31. The Hall–Kier alpha value is -0.870. The summed E-state index contributed by atoms with van der Waals surface area (Å²) >= 11 is 5.17. The number of anilines is 1. The van der Waals surface area contributed by atoms with Crippen molar-refractivity contribution >= 4 is 33.0 Å². The molecule has 1 atom stereocenters. The van der Waals surface area contributed by atoms with E-state index in [1.165, 1.54) is 4.88 Å². The van der Waals surface area contributed by atoms with Gasteiger partial charge in [0.1, 0.15) is 4.60 Å². The summed E-state index contributed by atoms with van der Waals surface area (Å²) in [5.74, 6) is 0. The summed E-state index contributed by atoms with van der Waals surface area (Å²) in [7, 11) is 0. The predicted octanol–water partition coefficient (Wildman–Crippen LogP) is 4.78. The topological polar surface area (TPSA) is 24.9 Å². The molecule has 2 aromatic heterocycles. The van der Waals surface area contributed by atoms with Gasteiger partial charge < -0.3 is 5.32 Å². The number of hydrogen-bond acceptors (Lipinski definition) is 3. The number of nitrogens with one attached hydrogen (secondary N) is 1. The van der Waals surface area contributed by atoms with Crippen molar-refractivity contribution in [2.24, 2.45) is 0 Å². The lowest BCUT2D eigenvalue weighted by atomic mass is 10.1. The molecular weight excluding hydrogens is 296 g/mol. The van der Waals surface area contributed by atoms with Crippen LogP contribution in [0, 0.1) is 6.92 Å². The highest BCUT2D eigenvalue weighted by Crippen LogP contribution is 2.27. The SMILES string of the molecule is CCC(Nc1ccc(Br)nc1C)c1cccs1. The fourth-order valence-corrected chi connectivity index (χ4v) is 2.99. The molecule has 1 unspecified atom stereocenters. The molecule has 0 radical (unpaired) electrons. The summed E-state index contributed by atoms with van der Waals surface area (Å²) in [6.07, 6.45) is 1.07. The van der Waals surface area contributed by atoms with Crippen LogP contribution in [0.1, 0.15) is 30.0 Å². The van der Waals surface area contributed by atoms with E-state index in [4.69, 9.17) is 0 Å². The Kier molecular flexibility index (Phi) is 4.18. The summed E-state index contributed by atoms with van der Waals surface area (Å²) in [5, 5.41) is 5.67. The van der Waals surface area contributed by atoms with Gasteiger partial charge in [-0.15, -0.1) is 11.3 Å². The van der Waals surface area contributed by atoms with Crippen molar-refractivity contribution in [3.05, 3.63) is 44.8 Å². The first-order valence-electron chi connectivity index (χ1n) is 5.63. The Bertz CT molecular complexity index is 482. The van der Waals surface area contributed by atoms with Gasteiger partial charge in [0.05, 0.1) is 17.4 Å². The second-order valence-electron chi connectivity index (χ2n) is 3.89. The Morgan fingerprint density at radius 1 is 1.41 bits per heavy atom. The van der Waals surface area contributed by atoms with Crippen molar-refractivity contribution in [3.63, 3.8) is 0 Å². The molecule has 2 aromatic rings. The van der Waals surface area contributed by atoms with E-state index < -0.39 is 0 Å². The van der Waals surface area contributed by atoms with E-state index in [0.29, 0.717) is 6.04 Å². The third-order valence-electron chi connectivity index (χ3n) is 2.68. The predicted molar refractivity (Wildman–Crippen MR) is 77.6 cm³/mol. The highest BCUT2D eigenvalue weighted by Gasteiger charge is 2.11. The number of hydrogen-bond donors (Lipinski definition) is 1. The number of aromatic nitrogens is 1. The van der Waals surface area contributed by atoms with E-state index in [1.54, 1.807) is 11.3 Å². The van der Waals surface area contributed by atoms with Crippen molar-refractivity contribution in [3.8, 4) is 0 Å². The lowest BCUT2D eigenvalue weighted by molar-refractivity contribution is 0.761. The Labute approximate surface area is 114 Å². The van der Waals surface area contributed by atoms with Crippen molar-refractivity contribution in [2.45, 2.75) is 26.3 Å². The van der Waals surface area contributed by atoms with E-state index in [9.17, 15) is 0 Å². The van der Waals surface area contributed by atoms with Crippen molar-refractivity contribution in [1.29, 1.82) is 0 Å². The van der Waals surface area contributed by atoms with E-state index in [-0.39, 0.29) is 0 Å². The molecule has 0 saturated heterocycles. The van der Waals surface area contributed by atoms with Crippen LogP contribution >= 0.6 is 27.3 Å². The highest BCUT2D eigenvalue weighted by atomic mass is 79.9. The minimum absolute atomic E-state index is 0.372. The molecule has 17 heavy (non-hydrogen) atoms. The monoisotopic (exact) mass is 310 g/mol. The molecule has 0 bridgehead atoms. The molecule has 0 saturated carbocycles. The second kappa shape index (κ2) is 5.65. The van der Waals surface area contributed by atoms with Gasteiger partial charge in [0.15, 0.2) is 0 Å². The van der Waals surface area contributed by atoms with E-state index in [1.807, 2.05) is 13.0 Å². The highest BCUT2D eigenvalue weighted by molar-refractivity contribution is 9.10. The maximum Gasteiger partial charge on any atom is 0.106 e. The molecule has 2 heterocycles. The lowest BCUT2D eigenvalue weighted by Gasteiger charge is -2.18. The molecule has 0 aliphatic rings. The number of rotatable bonds is 4. The minimum Gasteiger partial charge on any atom is -0.376 e. The quantitative estimate of drug-likeness (QED) is 0.822. The zero-order valence-corrected chi connectivity index (χ0v) is 12.3. The second-order valence-corrected chi connectivity index (χ2v) is 5.68. The van der Waals surface area contributed by atoms with E-state index in [0.717, 1.165) is 22.4 Å². The first kappa shape index (κ1) is 12.6. The number of pyridine rings is 1. The van der Waals surface area contributed by atoms with E-state index in [2.05, 4.69) is 56.7 Å². The van der Waals surface area contributed by atoms with Gasteiger partial charge in [-0.25, -0.2) is 4.98 Å². The third-order valence-corrected chi connectivity index (χ3v) is 4.10. The summed E-state index contributed by atoms with van der Waals surface area (Å²) in [5.41, 5.74) is 2.13. The normalized spacial score (nSPS) is 12.4. The molecule has 4 heteroatoms. The van der Waals surface area contributed by atoms with Crippen LogP contribution in [-0.2, 0) is 0 Å². The van der Waals surface area contributed by atoms with Gasteiger partial charge in [-0.1, -0.05) is 13.0 Å².